The summed E-state index contributed by atoms with van der Waals surface area (Å²) >= 11 is 0. The number of fused-ring (bicyclic) bond motifs is 1. The van der Waals surface area contributed by atoms with Gasteiger partial charge < -0.3 is 9.73 Å². The quantitative estimate of drug-likeness (QED) is 0.745. The minimum absolute atomic E-state index is 0.504. The van der Waals surface area contributed by atoms with Crippen molar-refractivity contribution in [3.63, 3.8) is 0 Å². The zero-order valence-electron chi connectivity index (χ0n) is 7.86. The second-order valence-electron chi connectivity index (χ2n) is 3.73. The topological polar surface area (TPSA) is 38.1 Å². The Balaban J connectivity index is 2.04. The van der Waals surface area contributed by atoms with Gasteiger partial charge in [0.1, 0.15) is 5.52 Å². The fourth-order valence-corrected chi connectivity index (χ4v) is 2.06. The molecule has 0 saturated carbocycles. The van der Waals surface area contributed by atoms with Crippen LogP contribution < -0.4 is 5.32 Å². The van der Waals surface area contributed by atoms with Crippen molar-refractivity contribution >= 4 is 11.1 Å². The molecule has 0 aliphatic carbocycles. The Bertz CT molecular complexity index is 443. The number of nitrogens with one attached hydrogen (secondary N) is 1. The van der Waals surface area contributed by atoms with E-state index in [1.165, 1.54) is 24.8 Å². The smallest absolute Gasteiger partial charge is 0.181 e. The molecule has 1 unspecified atom stereocenters. The normalized spacial score (nSPS) is 21.9. The van der Waals surface area contributed by atoms with E-state index < -0.39 is 0 Å². The summed E-state index contributed by atoms with van der Waals surface area (Å²) in [6.45, 7) is 1.12. The Hall–Kier alpha value is -1.35. The number of hydrogen-bond donors (Lipinski definition) is 1. The zero-order chi connectivity index (χ0) is 9.38. The molecule has 1 fully saturated rings. The number of rotatable bonds is 1. The van der Waals surface area contributed by atoms with Crippen LogP contribution in [0.2, 0.25) is 0 Å². The van der Waals surface area contributed by atoms with Crippen molar-refractivity contribution in [3.05, 3.63) is 30.2 Å². The van der Waals surface area contributed by atoms with Crippen LogP contribution in [0.1, 0.15) is 24.4 Å². The van der Waals surface area contributed by atoms with Gasteiger partial charge in [0, 0.05) is 6.04 Å². The maximum atomic E-state index is 5.28. The molecule has 1 N–H and O–H groups in total. The molecule has 0 spiro atoms. The van der Waals surface area contributed by atoms with Crippen LogP contribution in [-0.4, -0.2) is 11.5 Å². The first-order chi connectivity index (χ1) is 6.93. The fraction of sp³-hybridized carbons (Fsp3) is 0.364. The van der Waals surface area contributed by atoms with Crippen LogP contribution in [-0.2, 0) is 0 Å². The van der Waals surface area contributed by atoms with Crippen LogP contribution in [0.3, 0.4) is 0 Å². The minimum Gasteiger partial charge on any atom is -0.443 e. The van der Waals surface area contributed by atoms with Crippen molar-refractivity contribution < 1.29 is 4.42 Å². The number of oxazole rings is 1. The van der Waals surface area contributed by atoms with Gasteiger partial charge in [0.15, 0.2) is 12.0 Å². The summed E-state index contributed by atoms with van der Waals surface area (Å²) in [6.07, 6.45) is 3.98. The molecule has 1 aliphatic heterocycles. The molecule has 0 amide bonds. The molecule has 14 heavy (non-hydrogen) atoms. The average molecular weight is 188 g/mol. The van der Waals surface area contributed by atoms with E-state index in [2.05, 4.69) is 22.4 Å². The van der Waals surface area contributed by atoms with Crippen molar-refractivity contribution in [1.82, 2.24) is 10.3 Å². The number of hydrogen-bond acceptors (Lipinski definition) is 3. The predicted molar refractivity (Wildman–Crippen MR) is 54.0 cm³/mol. The first-order valence-electron chi connectivity index (χ1n) is 5.00. The SMILES string of the molecule is c1nc2ccc(C3CCCN3)cc2o1. The molecule has 1 aromatic heterocycles. The van der Waals surface area contributed by atoms with Gasteiger partial charge in [0.05, 0.1) is 0 Å². The molecular weight excluding hydrogens is 176 g/mol. The van der Waals surface area contributed by atoms with Crippen molar-refractivity contribution in [2.75, 3.05) is 6.54 Å². The van der Waals surface area contributed by atoms with Crippen LogP contribution in [0.4, 0.5) is 0 Å². The van der Waals surface area contributed by atoms with E-state index >= 15 is 0 Å². The average Bonchev–Trinajstić information content (AvgIpc) is 2.88. The summed E-state index contributed by atoms with van der Waals surface area (Å²) < 4.78 is 5.28. The lowest BCUT2D eigenvalue weighted by molar-refractivity contribution is 0.598. The van der Waals surface area contributed by atoms with Crippen LogP contribution >= 0.6 is 0 Å². The first-order valence-corrected chi connectivity index (χ1v) is 5.00. The van der Waals surface area contributed by atoms with E-state index in [0.29, 0.717) is 6.04 Å². The van der Waals surface area contributed by atoms with Gasteiger partial charge in [0.25, 0.3) is 0 Å². The largest absolute Gasteiger partial charge is 0.443 e. The van der Waals surface area contributed by atoms with Gasteiger partial charge in [0.2, 0.25) is 0 Å². The monoisotopic (exact) mass is 188 g/mol. The van der Waals surface area contributed by atoms with Gasteiger partial charge in [-0.05, 0) is 37.1 Å². The van der Waals surface area contributed by atoms with Gasteiger partial charge >= 0.3 is 0 Å². The summed E-state index contributed by atoms with van der Waals surface area (Å²) in [4.78, 5) is 4.10. The highest BCUT2D eigenvalue weighted by Gasteiger charge is 2.16. The Kier molecular flexibility index (Phi) is 1.77. The van der Waals surface area contributed by atoms with E-state index in [1.807, 2.05) is 6.07 Å². The number of aromatic nitrogens is 1. The third-order valence-corrected chi connectivity index (χ3v) is 2.82. The highest BCUT2D eigenvalue weighted by Crippen LogP contribution is 2.25. The molecule has 1 saturated heterocycles. The standard InChI is InChI=1S/C11H12N2O/c1-2-9(12-5-1)8-3-4-10-11(6-8)14-7-13-10/h3-4,6-7,9,12H,1-2,5H2. The van der Waals surface area contributed by atoms with Crippen molar-refractivity contribution in [2.45, 2.75) is 18.9 Å². The lowest BCUT2D eigenvalue weighted by Crippen LogP contribution is -2.12. The molecule has 2 heterocycles. The second-order valence-corrected chi connectivity index (χ2v) is 3.73. The molecule has 0 bridgehead atoms. The lowest BCUT2D eigenvalue weighted by Gasteiger charge is -2.09. The Morgan fingerprint density at radius 1 is 1.43 bits per heavy atom. The Labute approximate surface area is 82.1 Å². The first kappa shape index (κ1) is 8.00. The van der Waals surface area contributed by atoms with E-state index in [0.717, 1.165) is 17.6 Å². The minimum atomic E-state index is 0.504. The fourth-order valence-electron chi connectivity index (χ4n) is 2.06. The second kappa shape index (κ2) is 3.10. The van der Waals surface area contributed by atoms with Crippen molar-refractivity contribution in [2.24, 2.45) is 0 Å². The molecule has 3 rings (SSSR count). The van der Waals surface area contributed by atoms with Gasteiger partial charge in [-0.2, -0.15) is 0 Å². The van der Waals surface area contributed by atoms with Crippen molar-refractivity contribution in [1.29, 1.82) is 0 Å². The maximum absolute atomic E-state index is 5.28. The maximum Gasteiger partial charge on any atom is 0.181 e. The van der Waals surface area contributed by atoms with Crippen LogP contribution in [0.5, 0.6) is 0 Å². The predicted octanol–water partition coefficient (Wildman–Crippen LogP) is 2.25. The third-order valence-electron chi connectivity index (χ3n) is 2.82. The molecule has 3 nitrogen and oxygen atoms in total. The number of benzene rings is 1. The third kappa shape index (κ3) is 1.21. The van der Waals surface area contributed by atoms with E-state index in [9.17, 15) is 0 Å². The lowest BCUT2D eigenvalue weighted by atomic mass is 10.1. The summed E-state index contributed by atoms with van der Waals surface area (Å²) in [7, 11) is 0. The molecule has 1 aliphatic rings. The van der Waals surface area contributed by atoms with E-state index in [4.69, 9.17) is 4.42 Å². The molecule has 3 heteroatoms. The van der Waals surface area contributed by atoms with E-state index in [-0.39, 0.29) is 0 Å². The van der Waals surface area contributed by atoms with Crippen LogP contribution in [0.15, 0.2) is 29.0 Å². The summed E-state index contributed by atoms with van der Waals surface area (Å²) in [5.41, 5.74) is 3.13. The molecule has 72 valence electrons. The molecule has 1 atom stereocenters. The Morgan fingerprint density at radius 3 is 3.29 bits per heavy atom. The van der Waals surface area contributed by atoms with Crippen molar-refractivity contribution in [3.8, 4) is 0 Å². The molecule has 0 radical (unpaired) electrons. The summed E-state index contributed by atoms with van der Waals surface area (Å²) in [5.74, 6) is 0. The van der Waals surface area contributed by atoms with Gasteiger partial charge in [-0.15, -0.1) is 0 Å². The zero-order valence-corrected chi connectivity index (χ0v) is 7.86. The Morgan fingerprint density at radius 2 is 2.43 bits per heavy atom. The van der Waals surface area contributed by atoms with Gasteiger partial charge in [-0.1, -0.05) is 6.07 Å². The molecular formula is C11H12N2O. The van der Waals surface area contributed by atoms with E-state index in [1.54, 1.807) is 0 Å². The highest BCUT2D eigenvalue weighted by molar-refractivity contribution is 5.72. The molecule has 1 aromatic carbocycles. The summed E-state index contributed by atoms with van der Waals surface area (Å²) in [6, 6.07) is 6.75. The van der Waals surface area contributed by atoms with Gasteiger partial charge in [-0.25, -0.2) is 4.98 Å². The van der Waals surface area contributed by atoms with Crippen LogP contribution in [0.25, 0.3) is 11.1 Å². The number of nitrogens with zero attached hydrogens (tertiary/aromatic N) is 1. The highest BCUT2D eigenvalue weighted by atomic mass is 16.3. The van der Waals surface area contributed by atoms with Gasteiger partial charge in [-0.3, -0.25) is 0 Å². The molecule has 2 aromatic rings. The van der Waals surface area contributed by atoms with Crippen LogP contribution in [0, 0.1) is 0 Å². The summed E-state index contributed by atoms with van der Waals surface area (Å²) in [5, 5.41) is 3.47.